The van der Waals surface area contributed by atoms with Crippen LogP contribution in [0.3, 0.4) is 0 Å². The van der Waals surface area contributed by atoms with Gasteiger partial charge in [-0.3, -0.25) is 4.79 Å². The van der Waals surface area contributed by atoms with Crippen molar-refractivity contribution in [3.8, 4) is 0 Å². The monoisotopic (exact) mass is 296 g/mol. The molecular formula is C14H11F3N2O2. The van der Waals surface area contributed by atoms with Crippen molar-refractivity contribution in [3.05, 3.63) is 59.0 Å². The molecule has 21 heavy (non-hydrogen) atoms. The molecule has 0 atom stereocenters. The van der Waals surface area contributed by atoms with Gasteiger partial charge in [0, 0.05) is 5.56 Å². The number of carbonyl (C=O) groups is 1. The molecule has 2 aromatic rings. The van der Waals surface area contributed by atoms with Gasteiger partial charge in [-0.25, -0.2) is 5.43 Å². The van der Waals surface area contributed by atoms with Gasteiger partial charge in [-0.15, -0.1) is 0 Å². The fourth-order valence-electron chi connectivity index (χ4n) is 1.71. The van der Waals surface area contributed by atoms with Crippen LogP contribution >= 0.6 is 0 Å². The van der Waals surface area contributed by atoms with Crippen LogP contribution in [0, 0.1) is 6.92 Å². The molecular weight excluding hydrogens is 285 g/mol. The smallest absolute Gasteiger partial charge is 0.417 e. The lowest BCUT2D eigenvalue weighted by atomic mass is 10.1. The van der Waals surface area contributed by atoms with E-state index in [1.807, 2.05) is 0 Å². The molecule has 0 radical (unpaired) electrons. The molecule has 110 valence electrons. The number of nitrogens with one attached hydrogen (secondary N) is 1. The molecule has 0 aliphatic rings. The third kappa shape index (κ3) is 3.50. The summed E-state index contributed by atoms with van der Waals surface area (Å²) in [6.45, 7) is 1.59. The van der Waals surface area contributed by atoms with Gasteiger partial charge in [-0.1, -0.05) is 18.2 Å². The summed E-state index contributed by atoms with van der Waals surface area (Å²) in [7, 11) is 0. The zero-order valence-electron chi connectivity index (χ0n) is 10.9. The summed E-state index contributed by atoms with van der Waals surface area (Å²) < 4.78 is 43.2. The van der Waals surface area contributed by atoms with Crippen LogP contribution in [0.15, 0.2) is 46.1 Å². The number of hydrogen-bond donors (Lipinski definition) is 1. The highest BCUT2D eigenvalue weighted by atomic mass is 19.4. The summed E-state index contributed by atoms with van der Waals surface area (Å²) >= 11 is 0. The van der Waals surface area contributed by atoms with Gasteiger partial charge in [0.1, 0.15) is 5.76 Å². The van der Waals surface area contributed by atoms with E-state index in [2.05, 4.69) is 10.5 Å². The number of furan rings is 1. The first-order valence-electron chi connectivity index (χ1n) is 5.93. The van der Waals surface area contributed by atoms with Gasteiger partial charge in [0.25, 0.3) is 5.91 Å². The van der Waals surface area contributed by atoms with Crippen molar-refractivity contribution in [1.29, 1.82) is 0 Å². The summed E-state index contributed by atoms with van der Waals surface area (Å²) in [5.41, 5.74) is 1.48. The predicted molar refractivity (Wildman–Crippen MR) is 69.9 cm³/mol. The number of carbonyl (C=O) groups excluding carboxylic acids is 1. The molecule has 0 aliphatic heterocycles. The first-order valence-corrected chi connectivity index (χ1v) is 5.93. The molecule has 0 aliphatic carbocycles. The van der Waals surface area contributed by atoms with Gasteiger partial charge in [0.05, 0.1) is 23.6 Å². The molecule has 0 saturated heterocycles. The summed E-state index contributed by atoms with van der Waals surface area (Å²) in [5, 5.41) is 3.55. The first-order chi connectivity index (χ1) is 9.89. The van der Waals surface area contributed by atoms with E-state index in [1.165, 1.54) is 30.5 Å². The number of nitrogens with zero attached hydrogens (tertiary/aromatic N) is 1. The maximum atomic E-state index is 12.7. The summed E-state index contributed by atoms with van der Waals surface area (Å²) in [6, 6.07) is 6.40. The van der Waals surface area contributed by atoms with E-state index in [9.17, 15) is 18.0 Å². The zero-order valence-corrected chi connectivity index (χ0v) is 10.9. The van der Waals surface area contributed by atoms with E-state index in [0.29, 0.717) is 5.76 Å². The summed E-state index contributed by atoms with van der Waals surface area (Å²) in [5.74, 6) is -0.152. The van der Waals surface area contributed by atoms with Crippen LogP contribution in [0.1, 0.15) is 27.2 Å². The minimum Gasteiger partial charge on any atom is -0.469 e. The van der Waals surface area contributed by atoms with E-state index >= 15 is 0 Å². The van der Waals surface area contributed by atoms with E-state index < -0.39 is 17.6 Å². The van der Waals surface area contributed by atoms with Crippen molar-refractivity contribution in [2.75, 3.05) is 0 Å². The Kier molecular flexibility index (Phi) is 4.11. The van der Waals surface area contributed by atoms with Crippen LogP contribution in [0.2, 0.25) is 0 Å². The van der Waals surface area contributed by atoms with Crippen molar-refractivity contribution < 1.29 is 22.4 Å². The lowest BCUT2D eigenvalue weighted by molar-refractivity contribution is -0.137. The average Bonchev–Trinajstić information content (AvgIpc) is 2.84. The van der Waals surface area contributed by atoms with Gasteiger partial charge >= 0.3 is 6.18 Å². The quantitative estimate of drug-likeness (QED) is 0.697. The topological polar surface area (TPSA) is 54.6 Å². The van der Waals surface area contributed by atoms with Crippen LogP contribution in [0.5, 0.6) is 0 Å². The molecule has 0 spiro atoms. The SMILES string of the molecule is Cc1occc1C(=O)N/N=C/c1ccccc1C(F)(F)F. The third-order valence-corrected chi connectivity index (χ3v) is 2.74. The molecule has 0 bridgehead atoms. The number of amides is 1. The number of rotatable bonds is 3. The second kappa shape index (κ2) is 5.82. The Balaban J connectivity index is 2.13. The molecule has 0 fully saturated rings. The van der Waals surface area contributed by atoms with E-state index in [1.54, 1.807) is 6.92 Å². The Labute approximate surface area is 118 Å². The van der Waals surface area contributed by atoms with Gasteiger partial charge < -0.3 is 4.42 Å². The summed E-state index contributed by atoms with van der Waals surface area (Å²) in [6.07, 6.45) is -2.18. The molecule has 1 aromatic carbocycles. The Morgan fingerprint density at radius 1 is 1.29 bits per heavy atom. The Morgan fingerprint density at radius 3 is 2.62 bits per heavy atom. The van der Waals surface area contributed by atoms with Gasteiger partial charge in [0.15, 0.2) is 0 Å². The average molecular weight is 296 g/mol. The molecule has 0 unspecified atom stereocenters. The van der Waals surface area contributed by atoms with Crippen molar-refractivity contribution in [1.82, 2.24) is 5.43 Å². The fourth-order valence-corrected chi connectivity index (χ4v) is 1.71. The van der Waals surface area contributed by atoms with Crippen molar-refractivity contribution in [2.45, 2.75) is 13.1 Å². The number of benzene rings is 1. The molecule has 0 saturated carbocycles. The molecule has 1 aromatic heterocycles. The van der Waals surface area contributed by atoms with Gasteiger partial charge in [-0.2, -0.15) is 18.3 Å². The molecule has 2 rings (SSSR count). The number of hydrazone groups is 1. The molecule has 1 N–H and O–H groups in total. The lowest BCUT2D eigenvalue weighted by Crippen LogP contribution is -2.18. The van der Waals surface area contributed by atoms with Crippen LogP contribution in [-0.2, 0) is 6.18 Å². The van der Waals surface area contributed by atoms with Crippen LogP contribution in [0.25, 0.3) is 0 Å². The number of aryl methyl sites for hydroxylation is 1. The third-order valence-electron chi connectivity index (χ3n) is 2.74. The van der Waals surface area contributed by atoms with E-state index in [-0.39, 0.29) is 11.1 Å². The van der Waals surface area contributed by atoms with E-state index in [4.69, 9.17) is 4.42 Å². The maximum absolute atomic E-state index is 12.7. The normalized spacial score (nSPS) is 11.8. The minimum absolute atomic E-state index is 0.130. The molecule has 1 heterocycles. The number of halogens is 3. The standard InChI is InChI=1S/C14H11F3N2O2/c1-9-11(6-7-21-9)13(20)19-18-8-10-4-2-3-5-12(10)14(15,16)17/h2-8H,1H3,(H,19,20)/b18-8+. The fraction of sp³-hybridized carbons (Fsp3) is 0.143. The maximum Gasteiger partial charge on any atom is 0.417 e. The molecule has 7 heteroatoms. The summed E-state index contributed by atoms with van der Waals surface area (Å²) in [4.78, 5) is 11.7. The number of hydrogen-bond acceptors (Lipinski definition) is 3. The van der Waals surface area contributed by atoms with Crippen molar-refractivity contribution >= 4 is 12.1 Å². The molecule has 4 nitrogen and oxygen atoms in total. The van der Waals surface area contributed by atoms with Gasteiger partial charge in [-0.05, 0) is 19.1 Å². The Bertz CT molecular complexity index is 675. The van der Waals surface area contributed by atoms with Gasteiger partial charge in [0.2, 0.25) is 0 Å². The largest absolute Gasteiger partial charge is 0.469 e. The van der Waals surface area contributed by atoms with Crippen LogP contribution < -0.4 is 5.43 Å². The van der Waals surface area contributed by atoms with Crippen molar-refractivity contribution in [2.24, 2.45) is 5.10 Å². The highest BCUT2D eigenvalue weighted by Crippen LogP contribution is 2.30. The Hall–Kier alpha value is -2.57. The molecule has 1 amide bonds. The highest BCUT2D eigenvalue weighted by molar-refractivity contribution is 5.95. The minimum atomic E-state index is -4.48. The lowest BCUT2D eigenvalue weighted by Gasteiger charge is -2.09. The van der Waals surface area contributed by atoms with Crippen LogP contribution in [0.4, 0.5) is 13.2 Å². The van der Waals surface area contributed by atoms with Crippen LogP contribution in [-0.4, -0.2) is 12.1 Å². The number of alkyl halides is 3. The zero-order chi connectivity index (χ0) is 15.5. The highest BCUT2D eigenvalue weighted by Gasteiger charge is 2.32. The predicted octanol–water partition coefficient (Wildman–Crippen LogP) is 3.37. The second-order valence-electron chi connectivity index (χ2n) is 4.17. The van der Waals surface area contributed by atoms with E-state index in [0.717, 1.165) is 12.3 Å². The Morgan fingerprint density at radius 2 is 2.00 bits per heavy atom. The first kappa shape index (κ1) is 14.8. The second-order valence-corrected chi connectivity index (χ2v) is 4.17. The van der Waals surface area contributed by atoms with Crippen molar-refractivity contribution in [3.63, 3.8) is 0 Å².